The zero-order valence-corrected chi connectivity index (χ0v) is 12.9. The van der Waals surface area contributed by atoms with Crippen molar-refractivity contribution in [1.29, 1.82) is 0 Å². The van der Waals surface area contributed by atoms with Crippen molar-refractivity contribution >= 4 is 30.7 Å². The van der Waals surface area contributed by atoms with Gasteiger partial charge in [0.25, 0.3) is 0 Å². The first-order chi connectivity index (χ1) is 8.47. The van der Waals surface area contributed by atoms with Crippen molar-refractivity contribution in [2.45, 2.75) is 32.4 Å². The number of para-hydroxylation sites is 1. The highest BCUT2D eigenvalue weighted by Gasteiger charge is 2.12. The average Bonchev–Trinajstić information content (AvgIpc) is 2.68. The number of imidazole rings is 1. The van der Waals surface area contributed by atoms with Crippen LogP contribution < -0.4 is 0 Å². The molecular weight excluding hydrogens is 264 g/mol. The second-order valence-corrected chi connectivity index (χ2v) is 11.7. The van der Waals surface area contributed by atoms with E-state index in [-0.39, 0.29) is 0 Å². The van der Waals surface area contributed by atoms with Crippen LogP contribution in [0.15, 0.2) is 24.5 Å². The van der Waals surface area contributed by atoms with Crippen LogP contribution in [0, 0.1) is 0 Å². The molecule has 3 nitrogen and oxygen atoms in total. The van der Waals surface area contributed by atoms with E-state index in [1.165, 1.54) is 6.04 Å². The molecule has 2 aromatic rings. The molecule has 0 saturated heterocycles. The van der Waals surface area contributed by atoms with Gasteiger partial charge >= 0.3 is 0 Å². The van der Waals surface area contributed by atoms with Crippen LogP contribution in [-0.4, -0.2) is 24.2 Å². The molecule has 98 valence electrons. The molecule has 0 saturated carbocycles. The molecule has 0 unspecified atom stereocenters. The molecule has 0 atom stereocenters. The first kappa shape index (κ1) is 13.6. The Balaban J connectivity index is 2.00. The Bertz CT molecular complexity index is 533. The minimum atomic E-state index is -1.02. The van der Waals surface area contributed by atoms with E-state index in [2.05, 4.69) is 24.6 Å². The first-order valence-electron chi connectivity index (χ1n) is 6.14. The number of hydrogen-bond acceptors (Lipinski definition) is 2. The van der Waals surface area contributed by atoms with E-state index < -0.39 is 8.07 Å². The lowest BCUT2D eigenvalue weighted by Crippen LogP contribution is -2.21. The summed E-state index contributed by atoms with van der Waals surface area (Å²) in [7, 11) is -1.02. The molecule has 1 aromatic carbocycles. The third kappa shape index (κ3) is 3.34. The van der Waals surface area contributed by atoms with Crippen molar-refractivity contribution < 1.29 is 4.74 Å². The maximum Gasteiger partial charge on any atom is 0.124 e. The lowest BCUT2D eigenvalue weighted by molar-refractivity contribution is 0.0898. The normalized spacial score (nSPS) is 12.2. The maximum atomic E-state index is 6.18. The minimum Gasteiger partial charge on any atom is -0.361 e. The van der Waals surface area contributed by atoms with E-state index >= 15 is 0 Å². The first-order valence-corrected chi connectivity index (χ1v) is 10.2. The van der Waals surface area contributed by atoms with Gasteiger partial charge in [-0.25, -0.2) is 4.98 Å². The Morgan fingerprint density at radius 2 is 2.11 bits per heavy atom. The summed E-state index contributed by atoms with van der Waals surface area (Å²) in [6.07, 6.45) is 1.78. The smallest absolute Gasteiger partial charge is 0.124 e. The zero-order chi connectivity index (χ0) is 13.2. The number of fused-ring (bicyclic) bond motifs is 1. The second kappa shape index (κ2) is 5.43. The van der Waals surface area contributed by atoms with E-state index in [1.54, 1.807) is 6.33 Å². The third-order valence-corrected chi connectivity index (χ3v) is 4.82. The fourth-order valence-corrected chi connectivity index (χ4v) is 2.76. The van der Waals surface area contributed by atoms with Crippen LogP contribution in [0.1, 0.15) is 0 Å². The summed E-state index contributed by atoms with van der Waals surface area (Å²) < 4.78 is 7.68. The van der Waals surface area contributed by atoms with Crippen molar-refractivity contribution in [3.05, 3.63) is 29.5 Å². The standard InChI is InChI=1S/C13H19ClN2OSi/c1-18(2,3)8-7-17-10-16-9-15-12-6-4-5-11(14)13(12)16/h4-6,9H,7-8,10H2,1-3H3. The SMILES string of the molecule is C[Si](C)(C)CCOCn1cnc2cccc(Cl)c21. The largest absolute Gasteiger partial charge is 0.361 e. The topological polar surface area (TPSA) is 27.1 Å². The van der Waals surface area contributed by atoms with E-state index in [4.69, 9.17) is 16.3 Å². The fraction of sp³-hybridized carbons (Fsp3) is 0.462. The fourth-order valence-electron chi connectivity index (χ4n) is 1.72. The molecule has 0 aliphatic rings. The highest BCUT2D eigenvalue weighted by atomic mass is 35.5. The van der Waals surface area contributed by atoms with Gasteiger partial charge in [-0.1, -0.05) is 37.3 Å². The van der Waals surface area contributed by atoms with Crippen molar-refractivity contribution in [2.75, 3.05) is 6.61 Å². The minimum absolute atomic E-state index is 0.519. The van der Waals surface area contributed by atoms with Crippen LogP contribution >= 0.6 is 11.6 Å². The predicted molar refractivity (Wildman–Crippen MR) is 78.8 cm³/mol. The van der Waals surface area contributed by atoms with Gasteiger partial charge in [0.1, 0.15) is 6.73 Å². The molecule has 0 amide bonds. The van der Waals surface area contributed by atoms with Gasteiger partial charge in [0, 0.05) is 14.7 Å². The van der Waals surface area contributed by atoms with Gasteiger partial charge in [0.15, 0.2) is 0 Å². The lowest BCUT2D eigenvalue weighted by atomic mass is 10.3. The van der Waals surface area contributed by atoms with Gasteiger partial charge in [-0.05, 0) is 18.2 Å². The molecule has 18 heavy (non-hydrogen) atoms. The van der Waals surface area contributed by atoms with E-state index in [9.17, 15) is 0 Å². The van der Waals surface area contributed by atoms with Crippen LogP contribution in [-0.2, 0) is 11.5 Å². The Morgan fingerprint density at radius 3 is 2.83 bits per heavy atom. The number of aromatic nitrogens is 2. The van der Waals surface area contributed by atoms with Crippen molar-refractivity contribution in [1.82, 2.24) is 9.55 Å². The Labute approximate surface area is 114 Å². The molecule has 0 N–H and O–H groups in total. The van der Waals surface area contributed by atoms with Gasteiger partial charge in [-0.2, -0.15) is 0 Å². The van der Waals surface area contributed by atoms with E-state index in [1.807, 2.05) is 22.8 Å². The molecule has 1 heterocycles. The van der Waals surface area contributed by atoms with E-state index in [0.717, 1.165) is 22.7 Å². The summed E-state index contributed by atoms with van der Waals surface area (Å²) in [4.78, 5) is 4.31. The summed E-state index contributed by atoms with van der Waals surface area (Å²) in [5, 5.41) is 0.721. The Kier molecular flexibility index (Phi) is 4.09. The summed E-state index contributed by atoms with van der Waals surface area (Å²) >= 11 is 6.18. The molecular formula is C13H19ClN2OSi. The molecule has 1 aromatic heterocycles. The average molecular weight is 283 g/mol. The summed E-state index contributed by atoms with van der Waals surface area (Å²) in [6, 6.07) is 6.92. The number of benzene rings is 1. The number of hydrogen-bond donors (Lipinski definition) is 0. The molecule has 0 fully saturated rings. The van der Waals surface area contributed by atoms with Gasteiger partial charge in [0.2, 0.25) is 0 Å². The van der Waals surface area contributed by atoms with Gasteiger partial charge in [-0.15, -0.1) is 0 Å². The van der Waals surface area contributed by atoms with Crippen LogP contribution in [0.25, 0.3) is 11.0 Å². The highest BCUT2D eigenvalue weighted by molar-refractivity contribution is 6.76. The van der Waals surface area contributed by atoms with Crippen LogP contribution in [0.5, 0.6) is 0 Å². The Hall–Kier alpha value is -0.843. The quantitative estimate of drug-likeness (QED) is 0.612. The Morgan fingerprint density at radius 1 is 1.33 bits per heavy atom. The molecule has 0 bridgehead atoms. The van der Waals surface area contributed by atoms with Crippen molar-refractivity contribution in [3.63, 3.8) is 0 Å². The molecule has 0 radical (unpaired) electrons. The van der Waals surface area contributed by atoms with Crippen LogP contribution in [0.2, 0.25) is 30.7 Å². The van der Waals surface area contributed by atoms with Crippen LogP contribution in [0.4, 0.5) is 0 Å². The van der Waals surface area contributed by atoms with Crippen LogP contribution in [0.3, 0.4) is 0 Å². The molecule has 5 heteroatoms. The number of nitrogens with zero attached hydrogens (tertiary/aromatic N) is 2. The summed E-state index contributed by atoms with van der Waals surface area (Å²) in [6.45, 7) is 8.37. The monoisotopic (exact) mass is 282 g/mol. The summed E-state index contributed by atoms with van der Waals surface area (Å²) in [5.41, 5.74) is 1.86. The van der Waals surface area contributed by atoms with Crippen molar-refractivity contribution in [3.8, 4) is 0 Å². The van der Waals surface area contributed by atoms with Gasteiger partial charge in [-0.3, -0.25) is 0 Å². The number of halogens is 1. The second-order valence-electron chi connectivity index (χ2n) is 5.67. The molecule has 0 aliphatic heterocycles. The van der Waals surface area contributed by atoms with E-state index in [0.29, 0.717) is 6.73 Å². The number of rotatable bonds is 5. The van der Waals surface area contributed by atoms with Gasteiger partial charge in [0.05, 0.1) is 22.4 Å². The maximum absolute atomic E-state index is 6.18. The highest BCUT2D eigenvalue weighted by Crippen LogP contribution is 2.22. The van der Waals surface area contributed by atoms with Gasteiger partial charge < -0.3 is 9.30 Å². The zero-order valence-electron chi connectivity index (χ0n) is 11.1. The summed E-state index contributed by atoms with van der Waals surface area (Å²) in [5.74, 6) is 0. The molecule has 2 rings (SSSR count). The molecule has 0 spiro atoms. The molecule has 0 aliphatic carbocycles. The lowest BCUT2D eigenvalue weighted by Gasteiger charge is -2.15. The predicted octanol–water partition coefficient (Wildman–Crippen LogP) is 4.00. The van der Waals surface area contributed by atoms with Crippen molar-refractivity contribution in [2.24, 2.45) is 0 Å². The third-order valence-electron chi connectivity index (χ3n) is 2.82. The number of ether oxygens (including phenoxy) is 1.